The highest BCUT2D eigenvalue weighted by Crippen LogP contribution is 2.39. The molecule has 0 radical (unpaired) electrons. The van der Waals surface area contributed by atoms with Crippen molar-refractivity contribution in [1.82, 2.24) is 5.32 Å². The zero-order valence-corrected chi connectivity index (χ0v) is 12.9. The van der Waals surface area contributed by atoms with Gasteiger partial charge in [-0.3, -0.25) is 0 Å². The minimum atomic E-state index is -0.561. The maximum atomic E-state index is 11.9. The van der Waals surface area contributed by atoms with Crippen LogP contribution in [0, 0.1) is 5.41 Å². The van der Waals surface area contributed by atoms with Crippen LogP contribution in [0.25, 0.3) is 0 Å². The Hall–Kier alpha value is -0.810. The molecule has 1 rings (SSSR count). The van der Waals surface area contributed by atoms with Crippen LogP contribution in [0.3, 0.4) is 0 Å². The van der Waals surface area contributed by atoms with Crippen molar-refractivity contribution >= 4 is 6.09 Å². The van der Waals surface area contributed by atoms with Crippen LogP contribution in [-0.4, -0.2) is 34.5 Å². The van der Waals surface area contributed by atoms with Gasteiger partial charge in [-0.1, -0.05) is 20.8 Å². The third kappa shape index (κ3) is 4.35. The quantitative estimate of drug-likeness (QED) is 0.715. The van der Waals surface area contributed by atoms with E-state index in [9.17, 15) is 9.90 Å². The first-order valence-corrected chi connectivity index (χ1v) is 6.80. The normalized spacial score (nSPS) is 29.4. The van der Waals surface area contributed by atoms with Crippen LogP contribution in [0.4, 0.5) is 4.79 Å². The Bertz CT molecular complexity index is 336. The number of alkyl carbamates (subject to hydrolysis) is 1. The van der Waals surface area contributed by atoms with Gasteiger partial charge < -0.3 is 20.9 Å². The molecule has 112 valence electrons. The Morgan fingerprint density at radius 1 is 1.32 bits per heavy atom. The van der Waals surface area contributed by atoms with Crippen molar-refractivity contribution in [2.45, 2.75) is 77.7 Å². The Kier molecular flexibility index (Phi) is 4.23. The van der Waals surface area contributed by atoms with Gasteiger partial charge in [-0.05, 0) is 39.0 Å². The summed E-state index contributed by atoms with van der Waals surface area (Å²) >= 11 is 0. The first kappa shape index (κ1) is 16.2. The van der Waals surface area contributed by atoms with Gasteiger partial charge in [0.05, 0.1) is 12.1 Å². The van der Waals surface area contributed by atoms with E-state index >= 15 is 0 Å². The number of amides is 1. The lowest BCUT2D eigenvalue weighted by atomic mass is 9.63. The van der Waals surface area contributed by atoms with Gasteiger partial charge in [-0.15, -0.1) is 0 Å². The summed E-state index contributed by atoms with van der Waals surface area (Å²) in [4.78, 5) is 11.9. The zero-order chi connectivity index (χ0) is 15.1. The van der Waals surface area contributed by atoms with E-state index in [-0.39, 0.29) is 17.6 Å². The fourth-order valence-electron chi connectivity index (χ4n) is 2.70. The maximum Gasteiger partial charge on any atom is 0.407 e. The van der Waals surface area contributed by atoms with E-state index in [4.69, 9.17) is 10.5 Å². The predicted molar refractivity (Wildman–Crippen MR) is 74.8 cm³/mol. The van der Waals surface area contributed by atoms with E-state index in [1.165, 1.54) is 0 Å². The van der Waals surface area contributed by atoms with E-state index in [2.05, 4.69) is 5.32 Å². The molecular formula is C14H28N2O3. The van der Waals surface area contributed by atoms with Crippen LogP contribution in [0.5, 0.6) is 0 Å². The molecule has 5 heteroatoms. The molecular weight excluding hydrogens is 244 g/mol. The summed E-state index contributed by atoms with van der Waals surface area (Å²) in [5, 5.41) is 12.4. The molecule has 1 atom stereocenters. The number of ether oxygens (including phenoxy) is 1. The molecule has 0 aliphatic heterocycles. The van der Waals surface area contributed by atoms with E-state index in [0.29, 0.717) is 12.8 Å². The number of aliphatic hydroxyl groups is 1. The molecule has 5 nitrogen and oxygen atoms in total. The fraction of sp³-hybridized carbons (Fsp3) is 0.929. The van der Waals surface area contributed by atoms with E-state index in [0.717, 1.165) is 0 Å². The molecule has 1 aliphatic carbocycles. The molecule has 4 N–H and O–H groups in total. The van der Waals surface area contributed by atoms with Crippen molar-refractivity contribution in [3.63, 3.8) is 0 Å². The van der Waals surface area contributed by atoms with Crippen LogP contribution in [0.1, 0.15) is 54.4 Å². The smallest absolute Gasteiger partial charge is 0.407 e. The summed E-state index contributed by atoms with van der Waals surface area (Å²) in [5.74, 6) is 0. The lowest BCUT2D eigenvalue weighted by molar-refractivity contribution is -0.0251. The standard InChI is InChI=1S/C14H28N2O3/c1-12(2,3)10(14(15)7-9(17)8-14)16-11(18)19-13(4,5)6/h9-10,17H,7-8,15H2,1-6H3,(H,16,18). The second kappa shape index (κ2) is 4.94. The SMILES string of the molecule is CC(C)(C)OC(=O)NC(C(C)(C)C)C1(N)CC(O)C1. The van der Waals surface area contributed by atoms with Gasteiger partial charge in [-0.2, -0.15) is 0 Å². The van der Waals surface area contributed by atoms with Crippen LogP contribution < -0.4 is 11.1 Å². The largest absolute Gasteiger partial charge is 0.444 e. The molecule has 1 fully saturated rings. The number of hydrogen-bond acceptors (Lipinski definition) is 4. The number of aliphatic hydroxyl groups excluding tert-OH is 1. The predicted octanol–water partition coefficient (Wildman–Crippen LogP) is 1.78. The van der Waals surface area contributed by atoms with E-state index in [1.54, 1.807) is 0 Å². The number of nitrogens with two attached hydrogens (primary N) is 1. The Morgan fingerprint density at radius 2 is 1.79 bits per heavy atom. The lowest BCUT2D eigenvalue weighted by Crippen LogP contribution is -2.70. The second-order valence-corrected chi connectivity index (χ2v) is 7.74. The van der Waals surface area contributed by atoms with Gasteiger partial charge in [0.25, 0.3) is 0 Å². The van der Waals surface area contributed by atoms with Crippen molar-refractivity contribution in [2.75, 3.05) is 0 Å². The average Bonchev–Trinajstić information content (AvgIpc) is 2.06. The summed E-state index contributed by atoms with van der Waals surface area (Å²) in [5.41, 5.74) is 5.01. The minimum absolute atomic E-state index is 0.203. The van der Waals surface area contributed by atoms with Crippen LogP contribution in [0.2, 0.25) is 0 Å². The topological polar surface area (TPSA) is 84.6 Å². The van der Waals surface area contributed by atoms with Crippen LogP contribution in [0.15, 0.2) is 0 Å². The molecule has 0 aromatic carbocycles. The summed E-state index contributed by atoms with van der Waals surface area (Å²) in [6.07, 6.45) is 0.184. The number of rotatable bonds is 2. The molecule has 0 saturated heterocycles. The summed E-state index contributed by atoms with van der Waals surface area (Å²) in [6, 6.07) is -0.238. The van der Waals surface area contributed by atoms with Gasteiger partial charge in [0, 0.05) is 5.54 Å². The third-order valence-corrected chi connectivity index (χ3v) is 3.33. The molecule has 0 spiro atoms. The third-order valence-electron chi connectivity index (χ3n) is 3.33. The first-order valence-electron chi connectivity index (χ1n) is 6.80. The summed E-state index contributed by atoms with van der Waals surface area (Å²) in [6.45, 7) is 11.5. The second-order valence-electron chi connectivity index (χ2n) is 7.74. The fourth-order valence-corrected chi connectivity index (χ4v) is 2.70. The van der Waals surface area contributed by atoms with Crippen molar-refractivity contribution in [1.29, 1.82) is 0 Å². The molecule has 1 amide bonds. The number of hydrogen-bond donors (Lipinski definition) is 3. The highest BCUT2D eigenvalue weighted by Gasteiger charge is 2.51. The number of carbonyl (C=O) groups excluding carboxylic acids is 1. The van der Waals surface area contributed by atoms with Crippen LogP contribution >= 0.6 is 0 Å². The molecule has 19 heavy (non-hydrogen) atoms. The Balaban J connectivity index is 2.75. The molecule has 1 saturated carbocycles. The van der Waals surface area contributed by atoms with E-state index < -0.39 is 17.2 Å². The molecule has 0 aromatic rings. The molecule has 1 aliphatic rings. The molecule has 0 heterocycles. The zero-order valence-electron chi connectivity index (χ0n) is 12.9. The van der Waals surface area contributed by atoms with Gasteiger partial charge in [0.15, 0.2) is 0 Å². The summed E-state index contributed by atoms with van der Waals surface area (Å²) in [7, 11) is 0. The van der Waals surface area contributed by atoms with E-state index in [1.807, 2.05) is 41.5 Å². The van der Waals surface area contributed by atoms with Crippen molar-refractivity contribution in [3.8, 4) is 0 Å². The average molecular weight is 272 g/mol. The van der Waals surface area contributed by atoms with Crippen molar-refractivity contribution in [3.05, 3.63) is 0 Å². The van der Waals surface area contributed by atoms with Crippen molar-refractivity contribution < 1.29 is 14.6 Å². The van der Waals surface area contributed by atoms with Crippen LogP contribution in [-0.2, 0) is 4.74 Å². The molecule has 0 bridgehead atoms. The van der Waals surface area contributed by atoms with Gasteiger partial charge in [0.1, 0.15) is 5.60 Å². The Labute approximate surface area is 115 Å². The lowest BCUT2D eigenvalue weighted by Gasteiger charge is -2.52. The van der Waals surface area contributed by atoms with Gasteiger partial charge in [-0.25, -0.2) is 4.79 Å². The van der Waals surface area contributed by atoms with Gasteiger partial charge in [0.2, 0.25) is 0 Å². The first-order chi connectivity index (χ1) is 8.33. The highest BCUT2D eigenvalue weighted by atomic mass is 16.6. The highest BCUT2D eigenvalue weighted by molar-refractivity contribution is 5.68. The number of nitrogens with one attached hydrogen (secondary N) is 1. The molecule has 1 unspecified atom stereocenters. The monoisotopic (exact) mass is 272 g/mol. The minimum Gasteiger partial charge on any atom is -0.444 e. The van der Waals surface area contributed by atoms with Crippen molar-refractivity contribution in [2.24, 2.45) is 11.1 Å². The Morgan fingerprint density at radius 3 is 2.11 bits per heavy atom. The maximum absolute atomic E-state index is 11.9. The molecule has 0 aromatic heterocycles. The van der Waals surface area contributed by atoms with Gasteiger partial charge >= 0.3 is 6.09 Å². The summed E-state index contributed by atoms with van der Waals surface area (Å²) < 4.78 is 5.29. The number of carbonyl (C=O) groups is 1.